The van der Waals surface area contributed by atoms with Crippen molar-refractivity contribution in [3.63, 3.8) is 0 Å². The van der Waals surface area contributed by atoms with Crippen LogP contribution >= 0.6 is 23.4 Å². The molecule has 4 nitrogen and oxygen atoms in total. The van der Waals surface area contributed by atoms with Crippen LogP contribution < -0.4 is 0 Å². The van der Waals surface area contributed by atoms with Gasteiger partial charge in [0.1, 0.15) is 0 Å². The summed E-state index contributed by atoms with van der Waals surface area (Å²) < 4.78 is 0. The van der Waals surface area contributed by atoms with Crippen LogP contribution in [0.5, 0.6) is 0 Å². The van der Waals surface area contributed by atoms with E-state index in [4.69, 9.17) is 16.7 Å². The van der Waals surface area contributed by atoms with Crippen LogP contribution in [-0.4, -0.2) is 40.7 Å². The summed E-state index contributed by atoms with van der Waals surface area (Å²) >= 11 is 7.11. The maximum absolute atomic E-state index is 12.1. The van der Waals surface area contributed by atoms with Crippen molar-refractivity contribution in [1.29, 1.82) is 0 Å². The summed E-state index contributed by atoms with van der Waals surface area (Å²) in [6.45, 7) is 8.75. The third kappa shape index (κ3) is 5.44. The van der Waals surface area contributed by atoms with Crippen molar-refractivity contribution < 1.29 is 14.7 Å². The monoisotopic (exact) mass is 327 g/mol. The Kier molecular flexibility index (Phi) is 6.78. The molecule has 6 heteroatoms. The van der Waals surface area contributed by atoms with Crippen molar-refractivity contribution >= 4 is 35.2 Å². The molecule has 1 aromatic rings. The van der Waals surface area contributed by atoms with E-state index in [1.165, 1.54) is 23.9 Å². The molecule has 0 aliphatic carbocycles. The number of halogens is 1. The fourth-order valence-corrected chi connectivity index (χ4v) is 2.73. The number of rotatable bonds is 7. The van der Waals surface area contributed by atoms with E-state index in [-0.39, 0.29) is 22.2 Å². The molecule has 0 radical (unpaired) electrons. The smallest absolute Gasteiger partial charge is 0.337 e. The van der Waals surface area contributed by atoms with E-state index in [9.17, 15) is 9.59 Å². The van der Waals surface area contributed by atoms with Gasteiger partial charge in [0.25, 0.3) is 0 Å². The Bertz CT molecular complexity index is 560. The van der Waals surface area contributed by atoms with Crippen LogP contribution in [0.4, 0.5) is 0 Å². The predicted octanol–water partition coefficient (Wildman–Crippen LogP) is 3.55. The van der Waals surface area contributed by atoms with Crippen molar-refractivity contribution in [3.8, 4) is 0 Å². The molecule has 1 amide bonds. The maximum atomic E-state index is 12.1. The molecule has 0 fully saturated rings. The molecule has 114 valence electrons. The number of carbonyl (C=O) groups is 2. The molecule has 0 aliphatic rings. The Morgan fingerprint density at radius 2 is 2.10 bits per heavy atom. The standard InChI is InChI=1S/C15H18ClNO3S/c1-4-17(8-10(2)3)14(18)9-21-11-5-6-13(16)12(7-11)15(19)20/h5-7H,2,4,8-9H2,1,3H3,(H,19,20). The Morgan fingerprint density at radius 3 is 2.62 bits per heavy atom. The van der Waals surface area contributed by atoms with Crippen LogP contribution in [0.15, 0.2) is 35.2 Å². The molecule has 0 saturated heterocycles. The number of likely N-dealkylation sites (N-methyl/N-ethyl adjacent to an activating group) is 1. The molecule has 1 rings (SSSR count). The zero-order valence-electron chi connectivity index (χ0n) is 12.1. The van der Waals surface area contributed by atoms with E-state index >= 15 is 0 Å². The highest BCUT2D eigenvalue weighted by Crippen LogP contribution is 2.25. The van der Waals surface area contributed by atoms with Crippen molar-refractivity contribution in [2.24, 2.45) is 0 Å². The average molecular weight is 328 g/mol. The quantitative estimate of drug-likeness (QED) is 0.614. The lowest BCUT2D eigenvalue weighted by Crippen LogP contribution is -2.33. The van der Waals surface area contributed by atoms with Gasteiger partial charge in [-0.3, -0.25) is 4.79 Å². The van der Waals surface area contributed by atoms with E-state index in [2.05, 4.69) is 6.58 Å². The lowest BCUT2D eigenvalue weighted by Gasteiger charge is -2.20. The number of carboxylic acids is 1. The first-order chi connectivity index (χ1) is 9.85. The number of benzene rings is 1. The maximum Gasteiger partial charge on any atom is 0.337 e. The molecule has 0 spiro atoms. The Hall–Kier alpha value is -1.46. The summed E-state index contributed by atoms with van der Waals surface area (Å²) in [5.74, 6) is -0.828. The van der Waals surface area contributed by atoms with Gasteiger partial charge in [0.05, 0.1) is 16.3 Å². The molecule has 0 unspecified atom stereocenters. The van der Waals surface area contributed by atoms with Gasteiger partial charge in [0, 0.05) is 18.0 Å². The fourth-order valence-electron chi connectivity index (χ4n) is 1.70. The minimum atomic E-state index is -1.08. The van der Waals surface area contributed by atoms with Gasteiger partial charge < -0.3 is 10.0 Å². The summed E-state index contributed by atoms with van der Waals surface area (Å²) in [6.07, 6.45) is 0. The summed E-state index contributed by atoms with van der Waals surface area (Å²) in [4.78, 5) is 25.5. The largest absolute Gasteiger partial charge is 0.478 e. The van der Waals surface area contributed by atoms with E-state index in [0.29, 0.717) is 18.0 Å². The SMILES string of the molecule is C=C(C)CN(CC)C(=O)CSc1ccc(Cl)c(C(=O)O)c1. The molecule has 0 atom stereocenters. The van der Waals surface area contributed by atoms with Crippen LogP contribution in [0.1, 0.15) is 24.2 Å². The normalized spacial score (nSPS) is 10.2. The number of thioether (sulfide) groups is 1. The second-order valence-electron chi connectivity index (χ2n) is 4.60. The molecule has 0 aliphatic heterocycles. The number of aromatic carboxylic acids is 1. The first-order valence-corrected chi connectivity index (χ1v) is 7.79. The van der Waals surface area contributed by atoms with Crippen molar-refractivity contribution in [2.45, 2.75) is 18.7 Å². The molecule has 1 N–H and O–H groups in total. The molecule has 21 heavy (non-hydrogen) atoms. The molecule has 0 saturated carbocycles. The van der Waals surface area contributed by atoms with Gasteiger partial charge in [-0.25, -0.2) is 4.79 Å². The summed E-state index contributed by atoms with van der Waals surface area (Å²) in [5, 5.41) is 9.20. The zero-order valence-corrected chi connectivity index (χ0v) is 13.6. The molecule has 0 aromatic heterocycles. The van der Waals surface area contributed by atoms with E-state index < -0.39 is 5.97 Å². The molecular weight excluding hydrogens is 310 g/mol. The van der Waals surface area contributed by atoms with Crippen LogP contribution in [0, 0.1) is 0 Å². The third-order valence-corrected chi connectivity index (χ3v) is 4.03. The number of amides is 1. The molecular formula is C15H18ClNO3S. The van der Waals surface area contributed by atoms with E-state index in [1.807, 2.05) is 13.8 Å². The highest BCUT2D eigenvalue weighted by Gasteiger charge is 2.14. The van der Waals surface area contributed by atoms with Gasteiger partial charge >= 0.3 is 5.97 Å². The number of hydrogen-bond acceptors (Lipinski definition) is 3. The highest BCUT2D eigenvalue weighted by molar-refractivity contribution is 8.00. The first-order valence-electron chi connectivity index (χ1n) is 6.43. The van der Waals surface area contributed by atoms with Gasteiger partial charge in [0.2, 0.25) is 5.91 Å². The van der Waals surface area contributed by atoms with Crippen molar-refractivity contribution in [2.75, 3.05) is 18.8 Å². The van der Waals surface area contributed by atoms with Gasteiger partial charge in [-0.15, -0.1) is 11.8 Å². The summed E-state index contributed by atoms with van der Waals surface area (Å²) in [7, 11) is 0. The van der Waals surface area contributed by atoms with E-state index in [1.54, 1.807) is 11.0 Å². The lowest BCUT2D eigenvalue weighted by molar-refractivity contribution is -0.127. The summed E-state index contributed by atoms with van der Waals surface area (Å²) in [5.41, 5.74) is 0.971. The Labute approximate surface area is 133 Å². The fraction of sp³-hybridized carbons (Fsp3) is 0.333. The second kappa shape index (κ2) is 8.10. The van der Waals surface area contributed by atoms with Gasteiger partial charge in [0.15, 0.2) is 0 Å². The summed E-state index contributed by atoms with van der Waals surface area (Å²) in [6, 6.07) is 4.72. The van der Waals surface area contributed by atoms with Crippen molar-refractivity contribution in [1.82, 2.24) is 4.90 Å². The van der Waals surface area contributed by atoms with Gasteiger partial charge in [-0.2, -0.15) is 0 Å². The minimum Gasteiger partial charge on any atom is -0.478 e. The topological polar surface area (TPSA) is 57.6 Å². The zero-order chi connectivity index (χ0) is 16.0. The average Bonchev–Trinajstić information content (AvgIpc) is 2.42. The Morgan fingerprint density at radius 1 is 1.43 bits per heavy atom. The van der Waals surface area contributed by atoms with Gasteiger partial charge in [-0.1, -0.05) is 23.8 Å². The Balaban J connectivity index is 2.70. The lowest BCUT2D eigenvalue weighted by atomic mass is 10.2. The number of nitrogens with zero attached hydrogens (tertiary/aromatic N) is 1. The first kappa shape index (κ1) is 17.6. The van der Waals surface area contributed by atoms with Crippen LogP contribution in [0.3, 0.4) is 0 Å². The van der Waals surface area contributed by atoms with E-state index in [0.717, 1.165) is 5.57 Å². The van der Waals surface area contributed by atoms with Crippen LogP contribution in [-0.2, 0) is 4.79 Å². The molecule has 0 bridgehead atoms. The predicted molar refractivity (Wildman–Crippen MR) is 86.2 cm³/mol. The van der Waals surface area contributed by atoms with Crippen LogP contribution in [0.25, 0.3) is 0 Å². The minimum absolute atomic E-state index is 0.00248. The molecule has 1 aromatic carbocycles. The third-order valence-electron chi connectivity index (χ3n) is 2.73. The number of hydrogen-bond donors (Lipinski definition) is 1. The van der Waals surface area contributed by atoms with Crippen LogP contribution in [0.2, 0.25) is 5.02 Å². The molecule has 0 heterocycles. The number of carboxylic acid groups (broad SMARTS) is 1. The highest BCUT2D eigenvalue weighted by atomic mass is 35.5. The van der Waals surface area contributed by atoms with Gasteiger partial charge in [-0.05, 0) is 32.0 Å². The van der Waals surface area contributed by atoms with Crippen molar-refractivity contribution in [3.05, 3.63) is 40.9 Å². The number of carbonyl (C=O) groups excluding carboxylic acids is 1. The second-order valence-corrected chi connectivity index (χ2v) is 6.06.